The molecule has 6 nitrogen and oxygen atoms in total. The van der Waals surface area contributed by atoms with Crippen molar-refractivity contribution >= 4 is 34.7 Å². The Labute approximate surface area is 156 Å². The third kappa shape index (κ3) is 3.72. The molecule has 2 fully saturated rings. The number of thioether (sulfide) groups is 1. The Morgan fingerprint density at radius 3 is 2.54 bits per heavy atom. The van der Waals surface area contributed by atoms with Gasteiger partial charge in [-0.3, -0.25) is 9.59 Å². The number of para-hydroxylation sites is 2. The maximum Gasteiger partial charge on any atom is 0.257 e. The Morgan fingerprint density at radius 1 is 1.08 bits per heavy atom. The van der Waals surface area contributed by atoms with Gasteiger partial charge in [0.2, 0.25) is 11.8 Å². The van der Waals surface area contributed by atoms with Gasteiger partial charge in [-0.15, -0.1) is 0 Å². The van der Waals surface area contributed by atoms with Crippen LogP contribution in [-0.2, 0) is 9.59 Å². The fraction of sp³-hybridized carbons (Fsp3) is 0.526. The molecule has 2 aromatic rings. The third-order valence-corrected chi connectivity index (χ3v) is 6.02. The highest BCUT2D eigenvalue weighted by Crippen LogP contribution is 2.25. The predicted octanol–water partition coefficient (Wildman–Crippen LogP) is 2.78. The second-order valence-electron chi connectivity index (χ2n) is 6.92. The fourth-order valence-electron chi connectivity index (χ4n) is 3.70. The van der Waals surface area contributed by atoms with Gasteiger partial charge in [0.05, 0.1) is 5.75 Å². The first-order valence-corrected chi connectivity index (χ1v) is 10.2. The number of carbonyl (C=O) groups excluding carboxylic acids is 2. The van der Waals surface area contributed by atoms with Crippen LogP contribution in [0.2, 0.25) is 0 Å². The third-order valence-electron chi connectivity index (χ3n) is 5.21. The van der Waals surface area contributed by atoms with E-state index in [0.29, 0.717) is 24.1 Å². The van der Waals surface area contributed by atoms with E-state index in [-0.39, 0.29) is 17.7 Å². The van der Waals surface area contributed by atoms with Crippen molar-refractivity contribution in [2.75, 3.05) is 31.9 Å². The Balaban J connectivity index is 1.26. The van der Waals surface area contributed by atoms with Crippen LogP contribution in [0, 0.1) is 5.92 Å². The van der Waals surface area contributed by atoms with Gasteiger partial charge in [0.1, 0.15) is 5.52 Å². The van der Waals surface area contributed by atoms with Crippen LogP contribution in [0.15, 0.2) is 33.9 Å². The number of hydrogen-bond donors (Lipinski definition) is 0. The average Bonchev–Trinajstić information content (AvgIpc) is 3.35. The summed E-state index contributed by atoms with van der Waals surface area (Å²) in [7, 11) is 0. The van der Waals surface area contributed by atoms with Gasteiger partial charge in [0, 0.05) is 32.1 Å². The summed E-state index contributed by atoms with van der Waals surface area (Å²) in [6.07, 6.45) is 3.79. The summed E-state index contributed by atoms with van der Waals surface area (Å²) >= 11 is 1.33. The van der Waals surface area contributed by atoms with E-state index >= 15 is 0 Å². The van der Waals surface area contributed by atoms with Gasteiger partial charge in [-0.05, 0) is 37.8 Å². The van der Waals surface area contributed by atoms with Gasteiger partial charge >= 0.3 is 0 Å². The number of rotatable bonds is 4. The molecule has 0 bridgehead atoms. The maximum absolute atomic E-state index is 12.5. The molecule has 0 unspecified atom stereocenters. The van der Waals surface area contributed by atoms with Crippen molar-refractivity contribution < 1.29 is 14.0 Å². The standard InChI is InChI=1S/C19H23N3O3S/c23-17(13-26-19-20-15-5-1-2-6-16(15)25-19)21-11-7-14(8-12-21)18(24)22-9-3-4-10-22/h1-2,5-6,14H,3-4,7-13H2. The summed E-state index contributed by atoms with van der Waals surface area (Å²) in [5.41, 5.74) is 1.55. The first-order chi connectivity index (χ1) is 12.7. The molecule has 1 aromatic carbocycles. The number of likely N-dealkylation sites (tertiary alicyclic amines) is 2. The van der Waals surface area contributed by atoms with E-state index in [1.807, 2.05) is 34.1 Å². The van der Waals surface area contributed by atoms with E-state index in [0.717, 1.165) is 49.9 Å². The highest BCUT2D eigenvalue weighted by atomic mass is 32.2. The molecule has 2 amide bonds. The van der Waals surface area contributed by atoms with Crippen molar-refractivity contribution in [3.05, 3.63) is 24.3 Å². The molecular formula is C19H23N3O3S. The van der Waals surface area contributed by atoms with Crippen LogP contribution in [0.3, 0.4) is 0 Å². The van der Waals surface area contributed by atoms with Gasteiger partial charge in [-0.25, -0.2) is 4.98 Å². The summed E-state index contributed by atoms with van der Waals surface area (Å²) in [6.45, 7) is 3.13. The van der Waals surface area contributed by atoms with E-state index in [4.69, 9.17) is 4.42 Å². The summed E-state index contributed by atoms with van der Waals surface area (Å²) in [4.78, 5) is 33.2. The molecule has 3 heterocycles. The lowest BCUT2D eigenvalue weighted by molar-refractivity contribution is -0.139. The lowest BCUT2D eigenvalue weighted by Crippen LogP contribution is -2.44. The smallest absolute Gasteiger partial charge is 0.257 e. The van der Waals surface area contributed by atoms with Gasteiger partial charge < -0.3 is 14.2 Å². The summed E-state index contributed by atoms with van der Waals surface area (Å²) in [5, 5.41) is 0.527. The minimum absolute atomic E-state index is 0.0850. The first kappa shape index (κ1) is 17.4. The number of fused-ring (bicyclic) bond motifs is 1. The molecular weight excluding hydrogens is 350 g/mol. The van der Waals surface area contributed by atoms with Crippen LogP contribution in [-0.4, -0.2) is 58.5 Å². The molecule has 4 rings (SSSR count). The summed E-state index contributed by atoms with van der Waals surface area (Å²) in [5.74, 6) is 0.777. The largest absolute Gasteiger partial charge is 0.431 e. The van der Waals surface area contributed by atoms with E-state index < -0.39 is 0 Å². The second-order valence-corrected chi connectivity index (χ2v) is 7.85. The molecule has 0 radical (unpaired) electrons. The fourth-order valence-corrected chi connectivity index (χ4v) is 4.44. The molecule has 2 aliphatic rings. The monoisotopic (exact) mass is 373 g/mol. The number of piperidine rings is 1. The molecule has 0 N–H and O–H groups in total. The quantitative estimate of drug-likeness (QED) is 0.771. The van der Waals surface area contributed by atoms with Crippen LogP contribution >= 0.6 is 11.8 Å². The number of oxazole rings is 1. The number of nitrogens with zero attached hydrogens (tertiary/aromatic N) is 3. The van der Waals surface area contributed by atoms with Gasteiger partial charge in [0.15, 0.2) is 5.58 Å². The van der Waals surface area contributed by atoms with E-state index in [1.165, 1.54) is 11.8 Å². The predicted molar refractivity (Wildman–Crippen MR) is 99.9 cm³/mol. The maximum atomic E-state index is 12.5. The van der Waals surface area contributed by atoms with Crippen molar-refractivity contribution in [1.29, 1.82) is 0 Å². The minimum Gasteiger partial charge on any atom is -0.431 e. The van der Waals surface area contributed by atoms with Gasteiger partial charge in [-0.1, -0.05) is 23.9 Å². The number of benzene rings is 1. The Morgan fingerprint density at radius 2 is 1.81 bits per heavy atom. The SMILES string of the molecule is O=C(CSc1nc2ccccc2o1)N1CCC(C(=O)N2CCCC2)CC1. The molecule has 1 aromatic heterocycles. The van der Waals surface area contributed by atoms with Crippen molar-refractivity contribution in [3.8, 4) is 0 Å². The van der Waals surface area contributed by atoms with Gasteiger partial charge in [-0.2, -0.15) is 0 Å². The molecule has 7 heteroatoms. The highest BCUT2D eigenvalue weighted by molar-refractivity contribution is 7.99. The molecule has 0 aliphatic carbocycles. The number of hydrogen-bond acceptors (Lipinski definition) is 5. The zero-order chi connectivity index (χ0) is 17.9. The number of aromatic nitrogens is 1. The van der Waals surface area contributed by atoms with E-state index in [9.17, 15) is 9.59 Å². The number of carbonyl (C=O) groups is 2. The second kappa shape index (κ2) is 7.70. The molecule has 26 heavy (non-hydrogen) atoms. The molecule has 138 valence electrons. The molecule has 2 saturated heterocycles. The molecule has 0 atom stereocenters. The van der Waals surface area contributed by atoms with Crippen LogP contribution in [0.1, 0.15) is 25.7 Å². The Bertz CT molecular complexity index is 759. The van der Waals surface area contributed by atoms with Gasteiger partial charge in [0.25, 0.3) is 5.22 Å². The van der Waals surface area contributed by atoms with Crippen molar-refractivity contribution in [3.63, 3.8) is 0 Å². The van der Waals surface area contributed by atoms with E-state index in [2.05, 4.69) is 4.98 Å². The molecule has 2 aliphatic heterocycles. The minimum atomic E-state index is 0.0850. The summed E-state index contributed by atoms with van der Waals surface area (Å²) in [6, 6.07) is 7.59. The van der Waals surface area contributed by atoms with Crippen LogP contribution in [0.5, 0.6) is 0 Å². The Hall–Kier alpha value is -2.02. The summed E-state index contributed by atoms with van der Waals surface area (Å²) < 4.78 is 5.64. The van der Waals surface area contributed by atoms with E-state index in [1.54, 1.807) is 0 Å². The normalized spacial score (nSPS) is 18.6. The highest BCUT2D eigenvalue weighted by Gasteiger charge is 2.31. The average molecular weight is 373 g/mol. The topological polar surface area (TPSA) is 66.7 Å². The molecule has 0 spiro atoms. The van der Waals surface area contributed by atoms with Crippen molar-refractivity contribution in [1.82, 2.24) is 14.8 Å². The molecule has 0 saturated carbocycles. The lowest BCUT2D eigenvalue weighted by Gasteiger charge is -2.33. The van der Waals surface area contributed by atoms with Crippen LogP contribution < -0.4 is 0 Å². The van der Waals surface area contributed by atoms with Crippen LogP contribution in [0.4, 0.5) is 0 Å². The zero-order valence-electron chi connectivity index (χ0n) is 14.7. The van der Waals surface area contributed by atoms with Crippen LogP contribution in [0.25, 0.3) is 11.1 Å². The van der Waals surface area contributed by atoms with Crippen molar-refractivity contribution in [2.24, 2.45) is 5.92 Å². The Kier molecular flexibility index (Phi) is 5.15. The number of amides is 2. The zero-order valence-corrected chi connectivity index (χ0v) is 15.5. The lowest BCUT2D eigenvalue weighted by atomic mass is 9.95. The first-order valence-electron chi connectivity index (χ1n) is 9.25. The van der Waals surface area contributed by atoms with Crippen molar-refractivity contribution in [2.45, 2.75) is 30.9 Å².